The van der Waals surface area contributed by atoms with E-state index in [0.717, 1.165) is 17.9 Å². The molecule has 0 amide bonds. The van der Waals surface area contributed by atoms with Crippen molar-refractivity contribution in [3.8, 4) is 11.5 Å². The number of hydrogen-bond donors (Lipinski definition) is 2. The molecule has 3 N–H and O–H groups in total. The van der Waals surface area contributed by atoms with E-state index < -0.39 is 0 Å². The monoisotopic (exact) mass is 475 g/mol. The van der Waals surface area contributed by atoms with Crippen molar-refractivity contribution in [3.05, 3.63) is 29.9 Å². The third-order valence-corrected chi connectivity index (χ3v) is 3.49. The van der Waals surface area contributed by atoms with Crippen molar-refractivity contribution in [1.82, 2.24) is 10.1 Å². The minimum Gasteiger partial charge on any atom is -0.493 e. The molecule has 1 aromatic heterocycles. The van der Waals surface area contributed by atoms with E-state index in [-0.39, 0.29) is 29.9 Å². The van der Waals surface area contributed by atoms with Gasteiger partial charge in [0.15, 0.2) is 23.3 Å². The summed E-state index contributed by atoms with van der Waals surface area (Å²) < 4.78 is 15.6. The van der Waals surface area contributed by atoms with Crippen LogP contribution in [0.25, 0.3) is 0 Å². The van der Waals surface area contributed by atoms with Gasteiger partial charge in [0.1, 0.15) is 0 Å². The number of benzene rings is 1. The number of methoxy groups -OCH3 is 2. The zero-order valence-electron chi connectivity index (χ0n) is 15.5. The van der Waals surface area contributed by atoms with Gasteiger partial charge in [-0.2, -0.15) is 4.98 Å². The number of aryl methyl sites for hydroxylation is 1. The molecular weight excluding hydrogens is 449 g/mol. The molecule has 8 nitrogen and oxygen atoms in total. The molecule has 0 bridgehead atoms. The molecule has 0 radical (unpaired) electrons. The molecule has 2 rings (SSSR count). The SMILES string of the molecule is COc1ccc(NC(N)=NCCCc2nc(C(C)C)no2)cc1OC.I. The molecule has 26 heavy (non-hydrogen) atoms. The Bertz CT molecular complexity index is 718. The number of aromatic nitrogens is 2. The number of anilines is 1. The van der Waals surface area contributed by atoms with Gasteiger partial charge < -0.3 is 25.0 Å². The number of hydrogen-bond acceptors (Lipinski definition) is 6. The van der Waals surface area contributed by atoms with E-state index in [1.807, 2.05) is 19.9 Å². The van der Waals surface area contributed by atoms with Gasteiger partial charge in [0.05, 0.1) is 14.2 Å². The fourth-order valence-corrected chi connectivity index (χ4v) is 2.14. The second kappa shape index (κ2) is 10.8. The standard InChI is InChI=1S/C17H25N5O3.HI/c1-11(2)16-21-15(25-22-16)6-5-9-19-17(18)20-12-7-8-13(23-3)14(10-12)24-4;/h7-8,10-11H,5-6,9H2,1-4H3,(H3,18,19,20);1H. The molecule has 2 aromatic rings. The number of ether oxygens (including phenoxy) is 2. The summed E-state index contributed by atoms with van der Waals surface area (Å²) in [6.07, 6.45) is 1.45. The van der Waals surface area contributed by atoms with Crippen molar-refractivity contribution >= 4 is 35.6 Å². The first-order valence-electron chi connectivity index (χ1n) is 8.15. The van der Waals surface area contributed by atoms with Gasteiger partial charge in [-0.25, -0.2) is 0 Å². The van der Waals surface area contributed by atoms with E-state index in [2.05, 4.69) is 20.4 Å². The van der Waals surface area contributed by atoms with Crippen LogP contribution in [0.3, 0.4) is 0 Å². The zero-order valence-corrected chi connectivity index (χ0v) is 17.8. The molecule has 0 aliphatic rings. The van der Waals surface area contributed by atoms with E-state index in [4.69, 9.17) is 19.7 Å². The highest BCUT2D eigenvalue weighted by Crippen LogP contribution is 2.29. The molecule has 9 heteroatoms. The maximum atomic E-state index is 5.91. The van der Waals surface area contributed by atoms with Crippen molar-refractivity contribution < 1.29 is 14.0 Å². The summed E-state index contributed by atoms with van der Waals surface area (Å²) in [5.41, 5.74) is 6.68. The Morgan fingerprint density at radius 1 is 1.27 bits per heavy atom. The minimum absolute atomic E-state index is 0. The van der Waals surface area contributed by atoms with Crippen LogP contribution in [0.5, 0.6) is 11.5 Å². The normalized spacial score (nSPS) is 11.2. The molecule has 1 heterocycles. The molecule has 0 spiro atoms. The highest BCUT2D eigenvalue weighted by molar-refractivity contribution is 14.0. The first-order chi connectivity index (χ1) is 12.0. The first-order valence-corrected chi connectivity index (χ1v) is 8.15. The fourth-order valence-electron chi connectivity index (χ4n) is 2.14. The van der Waals surface area contributed by atoms with Crippen LogP contribution in [-0.2, 0) is 6.42 Å². The molecule has 0 saturated heterocycles. The molecule has 0 saturated carbocycles. The quantitative estimate of drug-likeness (QED) is 0.261. The lowest BCUT2D eigenvalue weighted by Crippen LogP contribution is -2.22. The average molecular weight is 475 g/mol. The Balaban J connectivity index is 0.00000338. The van der Waals surface area contributed by atoms with Gasteiger partial charge >= 0.3 is 0 Å². The number of nitrogens with zero attached hydrogens (tertiary/aromatic N) is 3. The summed E-state index contributed by atoms with van der Waals surface area (Å²) in [6.45, 7) is 4.62. The van der Waals surface area contributed by atoms with E-state index in [0.29, 0.717) is 36.3 Å². The molecule has 0 aliphatic carbocycles. The smallest absolute Gasteiger partial charge is 0.226 e. The maximum absolute atomic E-state index is 5.91. The van der Waals surface area contributed by atoms with Gasteiger partial charge in [-0.3, -0.25) is 4.99 Å². The molecule has 0 aliphatic heterocycles. The summed E-state index contributed by atoms with van der Waals surface area (Å²) in [6, 6.07) is 5.44. The van der Waals surface area contributed by atoms with Crippen LogP contribution >= 0.6 is 24.0 Å². The van der Waals surface area contributed by atoms with Crippen LogP contribution in [0.4, 0.5) is 5.69 Å². The fraction of sp³-hybridized carbons (Fsp3) is 0.471. The molecular formula is C17H26IN5O3. The van der Waals surface area contributed by atoms with Crippen LogP contribution in [0.1, 0.15) is 37.9 Å². The van der Waals surface area contributed by atoms with E-state index in [1.54, 1.807) is 26.4 Å². The Kier molecular flexibility index (Phi) is 9.17. The van der Waals surface area contributed by atoms with E-state index in [9.17, 15) is 0 Å². The Morgan fingerprint density at radius 2 is 2.00 bits per heavy atom. The lowest BCUT2D eigenvalue weighted by molar-refractivity contribution is 0.355. The number of guanidine groups is 1. The van der Waals surface area contributed by atoms with Crippen molar-refractivity contribution in [1.29, 1.82) is 0 Å². The van der Waals surface area contributed by atoms with Gasteiger partial charge in [-0.15, -0.1) is 24.0 Å². The third kappa shape index (κ3) is 6.36. The highest BCUT2D eigenvalue weighted by atomic mass is 127. The molecule has 144 valence electrons. The van der Waals surface area contributed by atoms with E-state index >= 15 is 0 Å². The lowest BCUT2D eigenvalue weighted by Gasteiger charge is -2.10. The lowest BCUT2D eigenvalue weighted by atomic mass is 10.2. The topological polar surface area (TPSA) is 108 Å². The Morgan fingerprint density at radius 3 is 2.62 bits per heavy atom. The summed E-state index contributed by atoms with van der Waals surface area (Å²) in [7, 11) is 3.18. The van der Waals surface area contributed by atoms with Crippen LogP contribution in [-0.4, -0.2) is 36.9 Å². The zero-order chi connectivity index (χ0) is 18.2. The van der Waals surface area contributed by atoms with Crippen molar-refractivity contribution in [2.75, 3.05) is 26.1 Å². The predicted molar refractivity (Wildman–Crippen MR) is 112 cm³/mol. The summed E-state index contributed by atoms with van der Waals surface area (Å²) in [5.74, 6) is 3.23. The van der Waals surface area contributed by atoms with Crippen molar-refractivity contribution in [3.63, 3.8) is 0 Å². The van der Waals surface area contributed by atoms with Crippen molar-refractivity contribution in [2.45, 2.75) is 32.6 Å². The second-order valence-electron chi connectivity index (χ2n) is 5.77. The molecule has 1 aromatic carbocycles. The van der Waals surface area contributed by atoms with E-state index in [1.165, 1.54) is 0 Å². The molecule has 0 unspecified atom stereocenters. The van der Waals surface area contributed by atoms with Gasteiger partial charge in [0.25, 0.3) is 0 Å². The van der Waals surface area contributed by atoms with Gasteiger partial charge in [-0.1, -0.05) is 19.0 Å². The Hall–Kier alpha value is -2.04. The number of halogens is 1. The summed E-state index contributed by atoms with van der Waals surface area (Å²) >= 11 is 0. The summed E-state index contributed by atoms with van der Waals surface area (Å²) in [5, 5.41) is 6.96. The average Bonchev–Trinajstić information content (AvgIpc) is 3.08. The molecule has 0 atom stereocenters. The maximum Gasteiger partial charge on any atom is 0.226 e. The number of nitrogens with one attached hydrogen (secondary N) is 1. The van der Waals surface area contributed by atoms with Crippen LogP contribution < -0.4 is 20.5 Å². The van der Waals surface area contributed by atoms with Gasteiger partial charge in [0, 0.05) is 30.6 Å². The van der Waals surface area contributed by atoms with Gasteiger partial charge in [0.2, 0.25) is 5.89 Å². The number of rotatable bonds is 8. The van der Waals surface area contributed by atoms with Crippen LogP contribution in [0.15, 0.2) is 27.7 Å². The van der Waals surface area contributed by atoms with Crippen molar-refractivity contribution in [2.24, 2.45) is 10.7 Å². The predicted octanol–water partition coefficient (Wildman–Crippen LogP) is 3.19. The van der Waals surface area contributed by atoms with Crippen LogP contribution in [0, 0.1) is 0 Å². The Labute approximate surface area is 170 Å². The number of nitrogens with two attached hydrogens (primary N) is 1. The van der Waals surface area contributed by atoms with Gasteiger partial charge in [-0.05, 0) is 18.6 Å². The summed E-state index contributed by atoms with van der Waals surface area (Å²) in [4.78, 5) is 8.63. The van der Waals surface area contributed by atoms with Crippen LogP contribution in [0.2, 0.25) is 0 Å². The largest absolute Gasteiger partial charge is 0.493 e. The number of aliphatic imine (C=N–C) groups is 1. The minimum atomic E-state index is 0. The third-order valence-electron chi connectivity index (χ3n) is 3.49. The molecule has 0 fully saturated rings. The first kappa shape index (κ1) is 22.0. The highest BCUT2D eigenvalue weighted by Gasteiger charge is 2.09. The second-order valence-corrected chi connectivity index (χ2v) is 5.77.